The van der Waals surface area contributed by atoms with Gasteiger partial charge in [-0.15, -0.1) is 0 Å². The average molecular weight is 421 g/mol. The monoisotopic (exact) mass is 421 g/mol. The van der Waals surface area contributed by atoms with Crippen molar-refractivity contribution in [3.63, 3.8) is 0 Å². The van der Waals surface area contributed by atoms with E-state index in [9.17, 15) is 31.3 Å². The zero-order chi connectivity index (χ0) is 20.7. The highest BCUT2D eigenvalue weighted by atomic mass is 32.2. The number of alkyl halides is 2. The fraction of sp³-hybridized carbons (Fsp3) is 0.778. The highest BCUT2D eigenvalue weighted by Crippen LogP contribution is 2.50. The summed E-state index contributed by atoms with van der Waals surface area (Å²) in [6.45, 7) is 0.0619. The van der Waals surface area contributed by atoms with Gasteiger partial charge in [0, 0.05) is 0 Å². The van der Waals surface area contributed by atoms with E-state index in [2.05, 4.69) is 4.74 Å². The van der Waals surface area contributed by atoms with Gasteiger partial charge in [-0.05, 0) is 50.4 Å². The first kappa shape index (κ1) is 21.2. The number of fused-ring (bicyclic) bond motifs is 2. The molecule has 0 aliphatic heterocycles. The van der Waals surface area contributed by atoms with E-state index < -0.39 is 51.4 Å². The molecule has 0 aromatic heterocycles. The Bertz CT molecular complexity index is 771. The van der Waals surface area contributed by atoms with Gasteiger partial charge in [0.1, 0.15) is 5.60 Å². The highest BCUT2D eigenvalue weighted by molar-refractivity contribution is 7.86. The van der Waals surface area contributed by atoms with Gasteiger partial charge in [0.2, 0.25) is 0 Å². The van der Waals surface area contributed by atoms with Crippen LogP contribution in [0, 0.1) is 23.7 Å². The fourth-order valence-electron chi connectivity index (χ4n) is 4.62. The molecule has 2 saturated carbocycles. The Balaban J connectivity index is 1.72. The van der Waals surface area contributed by atoms with Crippen LogP contribution in [0.1, 0.15) is 45.4 Å². The number of carbonyl (C=O) groups is 2. The third kappa shape index (κ3) is 3.80. The van der Waals surface area contributed by atoms with E-state index in [4.69, 9.17) is 4.74 Å². The summed E-state index contributed by atoms with van der Waals surface area (Å²) in [6, 6.07) is 0. The zero-order valence-corrected chi connectivity index (χ0v) is 16.3. The topological polar surface area (TPSA) is 110 Å². The quantitative estimate of drug-likeness (QED) is 0.353. The van der Waals surface area contributed by atoms with E-state index in [0.29, 0.717) is 12.8 Å². The van der Waals surface area contributed by atoms with Gasteiger partial charge in [-0.1, -0.05) is 19.1 Å². The second-order valence-corrected chi connectivity index (χ2v) is 9.37. The molecule has 0 amide bonds. The van der Waals surface area contributed by atoms with Crippen LogP contribution in [0.25, 0.3) is 0 Å². The Kier molecular flexibility index (Phi) is 5.57. The summed E-state index contributed by atoms with van der Waals surface area (Å²) in [6.07, 6.45) is 8.07. The van der Waals surface area contributed by atoms with Crippen molar-refractivity contribution in [2.24, 2.45) is 23.7 Å². The molecule has 0 spiro atoms. The molecule has 3 rings (SSSR count). The number of rotatable bonds is 7. The van der Waals surface area contributed by atoms with Crippen LogP contribution < -0.4 is 0 Å². The Hall–Kier alpha value is -1.55. The van der Waals surface area contributed by atoms with Crippen molar-refractivity contribution in [3.8, 4) is 0 Å². The van der Waals surface area contributed by atoms with Crippen LogP contribution in [0.5, 0.6) is 0 Å². The smallest absolute Gasteiger partial charge is 0.367 e. The maximum atomic E-state index is 13.3. The lowest BCUT2D eigenvalue weighted by molar-refractivity contribution is -0.174. The zero-order valence-electron chi connectivity index (χ0n) is 15.4. The Labute approximate surface area is 162 Å². The van der Waals surface area contributed by atoms with Crippen molar-refractivity contribution in [2.75, 3.05) is 6.61 Å². The summed E-state index contributed by atoms with van der Waals surface area (Å²) in [5, 5.41) is -4.72. The molecule has 28 heavy (non-hydrogen) atoms. The minimum absolute atomic E-state index is 0.255. The van der Waals surface area contributed by atoms with Crippen molar-refractivity contribution in [2.45, 2.75) is 56.3 Å². The molecule has 4 atom stereocenters. The summed E-state index contributed by atoms with van der Waals surface area (Å²) in [7, 11) is -5.96. The number of esters is 2. The van der Waals surface area contributed by atoms with Crippen molar-refractivity contribution < 1.29 is 40.8 Å². The molecule has 7 nitrogen and oxygen atoms in total. The second kappa shape index (κ2) is 7.37. The van der Waals surface area contributed by atoms with Gasteiger partial charge in [0.25, 0.3) is 0 Å². The third-order valence-electron chi connectivity index (χ3n) is 6.23. The second-order valence-electron chi connectivity index (χ2n) is 7.86. The lowest BCUT2D eigenvalue weighted by Crippen LogP contribution is -2.42. The van der Waals surface area contributed by atoms with Crippen LogP contribution in [0.3, 0.4) is 0 Å². The number of ether oxygens (including phenoxy) is 2. The Morgan fingerprint density at radius 1 is 1.14 bits per heavy atom. The summed E-state index contributed by atoms with van der Waals surface area (Å²) in [4.78, 5) is 25.3. The van der Waals surface area contributed by atoms with Crippen LogP contribution in [-0.2, 0) is 29.2 Å². The van der Waals surface area contributed by atoms with E-state index in [0.717, 1.165) is 25.7 Å². The van der Waals surface area contributed by atoms with Gasteiger partial charge in [-0.3, -0.25) is 9.59 Å². The average Bonchev–Trinajstić information content (AvgIpc) is 3.34. The van der Waals surface area contributed by atoms with Gasteiger partial charge in [-0.25, -0.2) is 8.42 Å². The van der Waals surface area contributed by atoms with E-state index in [1.165, 1.54) is 0 Å². The molecule has 0 aromatic rings. The van der Waals surface area contributed by atoms with Crippen LogP contribution in [0.15, 0.2) is 12.2 Å². The first-order valence-electron chi connectivity index (χ1n) is 9.41. The van der Waals surface area contributed by atoms with E-state index in [-0.39, 0.29) is 11.8 Å². The number of halogens is 2. The summed E-state index contributed by atoms with van der Waals surface area (Å²) in [5.41, 5.74) is -0.555. The maximum absolute atomic E-state index is 13.3. The molecule has 2 fully saturated rings. The fourth-order valence-corrected chi connectivity index (χ4v) is 4.82. The molecular weight excluding hydrogens is 398 g/mol. The molecule has 0 aromatic carbocycles. The normalized spacial score (nSPS) is 31.1. The summed E-state index contributed by atoms with van der Waals surface area (Å²) < 4.78 is 68.6. The SMILES string of the molecule is CCC1(OC(=O)C2C3C=CC(C3)C2C(=O)OCC(F)(F)S(=O)(=O)[O-])CCCC1. The van der Waals surface area contributed by atoms with Gasteiger partial charge in [0.05, 0.1) is 11.8 Å². The van der Waals surface area contributed by atoms with Gasteiger partial charge in [0.15, 0.2) is 16.7 Å². The molecule has 10 heteroatoms. The first-order valence-corrected chi connectivity index (χ1v) is 10.8. The maximum Gasteiger partial charge on any atom is 0.367 e. The molecule has 3 aliphatic rings. The molecule has 2 bridgehead atoms. The van der Waals surface area contributed by atoms with Gasteiger partial charge >= 0.3 is 17.2 Å². The van der Waals surface area contributed by atoms with E-state index in [1.807, 2.05) is 13.0 Å². The largest absolute Gasteiger partial charge is 0.743 e. The molecule has 0 saturated heterocycles. The van der Waals surface area contributed by atoms with Crippen LogP contribution in [0.4, 0.5) is 8.78 Å². The van der Waals surface area contributed by atoms with Gasteiger partial charge < -0.3 is 14.0 Å². The lowest BCUT2D eigenvalue weighted by Gasteiger charge is -2.32. The summed E-state index contributed by atoms with van der Waals surface area (Å²) >= 11 is 0. The minimum Gasteiger partial charge on any atom is -0.743 e. The van der Waals surface area contributed by atoms with Crippen molar-refractivity contribution in [1.82, 2.24) is 0 Å². The minimum atomic E-state index is -5.96. The van der Waals surface area contributed by atoms with E-state index >= 15 is 0 Å². The van der Waals surface area contributed by atoms with E-state index in [1.54, 1.807) is 6.08 Å². The van der Waals surface area contributed by atoms with Crippen molar-refractivity contribution in [1.29, 1.82) is 0 Å². The Morgan fingerprint density at radius 3 is 2.18 bits per heavy atom. The molecule has 0 heterocycles. The molecule has 3 aliphatic carbocycles. The molecule has 4 unspecified atom stereocenters. The Morgan fingerprint density at radius 2 is 1.68 bits per heavy atom. The number of hydrogen-bond acceptors (Lipinski definition) is 7. The van der Waals surface area contributed by atoms with Crippen LogP contribution >= 0.6 is 0 Å². The molecule has 158 valence electrons. The van der Waals surface area contributed by atoms with Crippen LogP contribution in [-0.4, -0.2) is 42.4 Å². The first-order chi connectivity index (χ1) is 13.0. The standard InChI is InChI=1S/C18H24F2O7S/c1-2-17(7-3-4-8-17)27-16(22)14-12-6-5-11(9-12)13(14)15(21)26-10-18(19,20)28(23,24)25/h5-6,11-14H,2-4,7-10H2,1H3,(H,23,24,25)/p-1. The number of carbonyl (C=O) groups excluding carboxylic acids is 2. The number of hydrogen-bond donors (Lipinski definition) is 0. The third-order valence-corrected chi connectivity index (χ3v) is 7.08. The van der Waals surface area contributed by atoms with Crippen molar-refractivity contribution >= 4 is 22.1 Å². The van der Waals surface area contributed by atoms with Gasteiger partial charge in [-0.2, -0.15) is 8.78 Å². The number of allylic oxidation sites excluding steroid dienone is 2. The van der Waals surface area contributed by atoms with Crippen molar-refractivity contribution in [3.05, 3.63) is 12.2 Å². The summed E-state index contributed by atoms with van der Waals surface area (Å²) in [5.74, 6) is -4.17. The molecular formula is C18H23F2O7S-. The predicted octanol–water partition coefficient (Wildman–Crippen LogP) is 2.37. The molecule has 0 N–H and O–H groups in total. The molecule has 0 radical (unpaired) electrons. The van der Waals surface area contributed by atoms with Crippen LogP contribution in [0.2, 0.25) is 0 Å². The highest BCUT2D eigenvalue weighted by Gasteiger charge is 2.55. The lowest BCUT2D eigenvalue weighted by atomic mass is 9.82. The predicted molar refractivity (Wildman–Crippen MR) is 90.9 cm³/mol.